The lowest BCUT2D eigenvalue weighted by atomic mass is 9.95. The van der Waals surface area contributed by atoms with Crippen molar-refractivity contribution in [2.45, 2.75) is 50.2 Å². The largest absolute Gasteiger partial charge is 0.363 e. The van der Waals surface area contributed by atoms with Gasteiger partial charge in [-0.15, -0.1) is 11.3 Å². The Morgan fingerprint density at radius 3 is 2.83 bits per heavy atom. The summed E-state index contributed by atoms with van der Waals surface area (Å²) in [5.41, 5.74) is 0.792. The van der Waals surface area contributed by atoms with Crippen LogP contribution in [-0.4, -0.2) is 37.1 Å². The van der Waals surface area contributed by atoms with Gasteiger partial charge < -0.3 is 15.5 Å². The normalized spacial score (nSPS) is 28.8. The number of benzene rings is 1. The number of carbonyl (C=O) groups is 1. The fourth-order valence-corrected chi connectivity index (χ4v) is 5.64. The highest BCUT2D eigenvalue weighted by Gasteiger charge is 2.39. The Labute approximate surface area is 146 Å². The van der Waals surface area contributed by atoms with Crippen molar-refractivity contribution in [2.24, 2.45) is 0 Å². The molecule has 0 aliphatic carbocycles. The summed E-state index contributed by atoms with van der Waals surface area (Å²) in [5, 5.41) is 9.42. The summed E-state index contributed by atoms with van der Waals surface area (Å²) in [7, 11) is 0. The first-order valence-corrected chi connectivity index (χ1v) is 9.93. The van der Waals surface area contributed by atoms with Gasteiger partial charge in [0, 0.05) is 41.5 Å². The van der Waals surface area contributed by atoms with Gasteiger partial charge in [-0.2, -0.15) is 0 Å². The molecule has 24 heavy (non-hydrogen) atoms. The highest BCUT2D eigenvalue weighted by Crippen LogP contribution is 2.35. The molecular formula is C19H23N3OS. The van der Waals surface area contributed by atoms with Gasteiger partial charge in [0.2, 0.25) is 0 Å². The first kappa shape index (κ1) is 14.7. The summed E-state index contributed by atoms with van der Waals surface area (Å²) in [4.78, 5) is 15.1. The highest BCUT2D eigenvalue weighted by molar-refractivity contribution is 7.22. The predicted octanol–water partition coefficient (Wildman–Crippen LogP) is 3.12. The monoisotopic (exact) mass is 341 g/mol. The van der Waals surface area contributed by atoms with E-state index < -0.39 is 0 Å². The van der Waals surface area contributed by atoms with Gasteiger partial charge in [-0.3, -0.25) is 4.79 Å². The van der Waals surface area contributed by atoms with Crippen LogP contribution < -0.4 is 15.5 Å². The van der Waals surface area contributed by atoms with Crippen LogP contribution in [-0.2, 0) is 0 Å². The second-order valence-electron chi connectivity index (χ2n) is 7.39. The molecule has 5 heteroatoms. The number of thiophene rings is 1. The molecule has 3 aliphatic rings. The number of carbonyl (C=O) groups excluding carboxylic acids is 1. The Hall–Kier alpha value is -1.59. The number of nitrogens with one attached hydrogen (secondary N) is 2. The number of hydrogen-bond acceptors (Lipinski definition) is 4. The van der Waals surface area contributed by atoms with E-state index in [9.17, 15) is 4.79 Å². The van der Waals surface area contributed by atoms with E-state index in [-0.39, 0.29) is 5.91 Å². The average Bonchev–Trinajstić information content (AvgIpc) is 3.35. The molecule has 0 spiro atoms. The molecule has 3 saturated heterocycles. The van der Waals surface area contributed by atoms with Crippen LogP contribution in [0.25, 0.3) is 10.1 Å². The smallest absolute Gasteiger partial charge is 0.251 e. The lowest BCUT2D eigenvalue weighted by Gasteiger charge is -2.21. The molecule has 4 nitrogen and oxygen atoms in total. The lowest BCUT2D eigenvalue weighted by molar-refractivity contribution is 0.0931. The summed E-state index contributed by atoms with van der Waals surface area (Å²) >= 11 is 1.81. The summed E-state index contributed by atoms with van der Waals surface area (Å²) < 4.78 is 1.22. The minimum atomic E-state index is 0.0763. The molecule has 2 aromatic rings. The van der Waals surface area contributed by atoms with Crippen LogP contribution in [0, 0.1) is 0 Å². The quantitative estimate of drug-likeness (QED) is 0.901. The fourth-order valence-electron chi connectivity index (χ4n) is 4.49. The van der Waals surface area contributed by atoms with E-state index in [0.717, 1.165) is 25.1 Å². The number of anilines is 1. The van der Waals surface area contributed by atoms with Crippen molar-refractivity contribution in [1.82, 2.24) is 10.6 Å². The molecule has 1 aromatic heterocycles. The third-order valence-corrected chi connectivity index (χ3v) is 6.96. The summed E-state index contributed by atoms with van der Waals surface area (Å²) in [6.45, 7) is 2.33. The van der Waals surface area contributed by atoms with E-state index in [1.165, 1.54) is 40.8 Å². The van der Waals surface area contributed by atoms with Gasteiger partial charge in [-0.05, 0) is 55.7 Å². The van der Waals surface area contributed by atoms with Crippen LogP contribution in [0.3, 0.4) is 0 Å². The van der Waals surface area contributed by atoms with E-state index in [1.807, 2.05) is 17.4 Å². The van der Waals surface area contributed by atoms with Crippen LogP contribution in [0.2, 0.25) is 0 Å². The average molecular weight is 341 g/mol. The Morgan fingerprint density at radius 1 is 1.21 bits per heavy atom. The summed E-state index contributed by atoms with van der Waals surface area (Å²) in [5.74, 6) is 0.0763. The molecule has 1 aromatic carbocycles. The summed E-state index contributed by atoms with van der Waals surface area (Å²) in [6.07, 6.45) is 6.12. The maximum Gasteiger partial charge on any atom is 0.251 e. The van der Waals surface area contributed by atoms with Crippen molar-refractivity contribution in [3.05, 3.63) is 29.8 Å². The molecule has 0 saturated carbocycles. The van der Waals surface area contributed by atoms with Crippen molar-refractivity contribution >= 4 is 32.3 Å². The van der Waals surface area contributed by atoms with Crippen molar-refractivity contribution in [2.75, 3.05) is 18.0 Å². The number of rotatable bonds is 3. The van der Waals surface area contributed by atoms with Crippen molar-refractivity contribution in [3.8, 4) is 0 Å². The van der Waals surface area contributed by atoms with Gasteiger partial charge >= 0.3 is 0 Å². The second-order valence-corrected chi connectivity index (χ2v) is 8.46. The van der Waals surface area contributed by atoms with Crippen LogP contribution >= 0.6 is 11.3 Å². The van der Waals surface area contributed by atoms with E-state index >= 15 is 0 Å². The van der Waals surface area contributed by atoms with E-state index in [1.54, 1.807) is 0 Å². The van der Waals surface area contributed by atoms with Crippen LogP contribution in [0.15, 0.2) is 24.3 Å². The topological polar surface area (TPSA) is 44.4 Å². The standard InChI is InChI=1S/C19H23N3OS/c23-19(21-16-11-14-5-6-15(16)20-14)13-4-3-12-10-18(24-17(12)9-13)22-7-1-2-8-22/h3-4,9-10,14-16,20H,1-2,5-8,11H2,(H,21,23)/t14-,15+,16-/m1/s1. The number of fused-ring (bicyclic) bond motifs is 3. The first-order chi connectivity index (χ1) is 11.8. The third kappa shape index (κ3) is 2.50. The number of amides is 1. The van der Waals surface area contributed by atoms with Crippen molar-refractivity contribution in [1.29, 1.82) is 0 Å². The molecule has 1 amide bonds. The highest BCUT2D eigenvalue weighted by atomic mass is 32.1. The molecule has 3 fully saturated rings. The van der Waals surface area contributed by atoms with Crippen molar-refractivity contribution < 1.29 is 4.79 Å². The van der Waals surface area contributed by atoms with Gasteiger partial charge in [0.1, 0.15) is 0 Å². The van der Waals surface area contributed by atoms with Crippen LogP contribution in [0.4, 0.5) is 5.00 Å². The van der Waals surface area contributed by atoms with Gasteiger partial charge in [-0.25, -0.2) is 0 Å². The predicted molar refractivity (Wildman–Crippen MR) is 99.1 cm³/mol. The van der Waals surface area contributed by atoms with Gasteiger partial charge in [-0.1, -0.05) is 6.07 Å². The molecule has 126 valence electrons. The molecule has 2 N–H and O–H groups in total. The minimum absolute atomic E-state index is 0.0763. The van der Waals surface area contributed by atoms with E-state index in [0.29, 0.717) is 18.1 Å². The Kier molecular flexibility index (Phi) is 3.52. The fraction of sp³-hybridized carbons (Fsp3) is 0.526. The Bertz CT molecular complexity index is 780. The zero-order valence-electron chi connectivity index (χ0n) is 13.8. The minimum Gasteiger partial charge on any atom is -0.363 e. The second kappa shape index (κ2) is 5.74. The molecule has 4 heterocycles. The van der Waals surface area contributed by atoms with Gasteiger partial charge in [0.25, 0.3) is 5.91 Å². The molecule has 0 unspecified atom stereocenters. The van der Waals surface area contributed by atoms with Gasteiger partial charge in [0.05, 0.1) is 5.00 Å². The maximum atomic E-state index is 12.6. The van der Waals surface area contributed by atoms with Gasteiger partial charge in [0.15, 0.2) is 0 Å². The number of nitrogens with zero attached hydrogens (tertiary/aromatic N) is 1. The molecule has 0 radical (unpaired) electrons. The van der Waals surface area contributed by atoms with Crippen LogP contribution in [0.1, 0.15) is 42.5 Å². The summed E-state index contributed by atoms with van der Waals surface area (Å²) in [6, 6.07) is 9.80. The Balaban J connectivity index is 1.35. The van der Waals surface area contributed by atoms with E-state index in [2.05, 4.69) is 33.7 Å². The first-order valence-electron chi connectivity index (χ1n) is 9.12. The van der Waals surface area contributed by atoms with Crippen LogP contribution in [0.5, 0.6) is 0 Å². The van der Waals surface area contributed by atoms with E-state index in [4.69, 9.17) is 0 Å². The lowest BCUT2D eigenvalue weighted by Crippen LogP contribution is -2.42. The molecule has 3 aliphatic heterocycles. The third-order valence-electron chi connectivity index (χ3n) is 5.80. The number of hydrogen-bond donors (Lipinski definition) is 2. The molecule has 2 bridgehead atoms. The zero-order valence-corrected chi connectivity index (χ0v) is 14.6. The Morgan fingerprint density at radius 2 is 2.08 bits per heavy atom. The SMILES string of the molecule is O=C(N[C@@H]1C[C@H]2CC[C@@H]1N2)c1ccc2cc(N3CCCC3)sc2c1. The molecule has 3 atom stereocenters. The van der Waals surface area contributed by atoms with Crippen molar-refractivity contribution in [3.63, 3.8) is 0 Å². The molecule has 5 rings (SSSR count). The zero-order chi connectivity index (χ0) is 16.1. The molecular weight excluding hydrogens is 318 g/mol. The maximum absolute atomic E-state index is 12.6.